The van der Waals surface area contributed by atoms with Gasteiger partial charge in [0.2, 0.25) is 0 Å². The minimum Gasteiger partial charge on any atom is -0.479 e. The number of hydrogen-bond acceptors (Lipinski definition) is 4. The summed E-state index contributed by atoms with van der Waals surface area (Å²) < 4.78 is 11.2. The van der Waals surface area contributed by atoms with Crippen molar-refractivity contribution in [2.45, 2.75) is 75.9 Å². The lowest BCUT2D eigenvalue weighted by molar-refractivity contribution is -0.139. The first-order valence-corrected chi connectivity index (χ1v) is 12.7. The van der Waals surface area contributed by atoms with Gasteiger partial charge in [-0.05, 0) is 61.3 Å². The van der Waals surface area contributed by atoms with E-state index in [1.54, 1.807) is 6.07 Å². The fourth-order valence-corrected chi connectivity index (χ4v) is 7.12. The number of para-hydroxylation sites is 1. The maximum absolute atomic E-state index is 10.8. The van der Waals surface area contributed by atoms with Crippen LogP contribution in [0, 0.1) is 11.8 Å². The van der Waals surface area contributed by atoms with Crippen molar-refractivity contribution in [2.75, 3.05) is 12.4 Å². The Morgan fingerprint density at radius 1 is 1.07 bits per heavy atom. The molecule has 1 aromatic heterocycles. The largest absolute Gasteiger partial charge is 0.479 e. The Morgan fingerprint density at radius 2 is 1.73 bits per heavy atom. The number of fused-ring (bicyclic) bond motifs is 1. The van der Waals surface area contributed by atoms with Gasteiger partial charge in [-0.25, -0.2) is 4.79 Å². The molecule has 5 heteroatoms. The van der Waals surface area contributed by atoms with Crippen molar-refractivity contribution in [1.29, 1.82) is 0 Å². The predicted molar refractivity (Wildman–Crippen MR) is 122 cm³/mol. The second-order valence-corrected chi connectivity index (χ2v) is 10.2. The van der Waals surface area contributed by atoms with Crippen LogP contribution in [0.5, 0.6) is 5.75 Å². The molecule has 2 aliphatic carbocycles. The lowest BCUT2D eigenvalue weighted by Crippen LogP contribution is -2.30. The molecule has 1 aromatic carbocycles. The van der Waals surface area contributed by atoms with E-state index in [4.69, 9.17) is 14.3 Å². The minimum absolute atomic E-state index is 0.352. The van der Waals surface area contributed by atoms with E-state index in [0.29, 0.717) is 11.3 Å². The maximum Gasteiger partial charge on any atom is 0.341 e. The highest BCUT2D eigenvalue weighted by Crippen LogP contribution is 2.42. The highest BCUT2D eigenvalue weighted by atomic mass is 32.2. The first kappa shape index (κ1) is 21.6. The summed E-state index contributed by atoms with van der Waals surface area (Å²) in [6, 6.07) is 5.74. The second kappa shape index (κ2) is 10.6. The zero-order chi connectivity index (χ0) is 20.8. The summed E-state index contributed by atoms with van der Waals surface area (Å²) in [7, 11) is 0. The van der Waals surface area contributed by atoms with Gasteiger partial charge in [0.1, 0.15) is 0 Å². The van der Waals surface area contributed by atoms with Gasteiger partial charge >= 0.3 is 5.97 Å². The van der Waals surface area contributed by atoms with Crippen LogP contribution in [0.25, 0.3) is 11.0 Å². The molecule has 0 bridgehead atoms. The summed E-state index contributed by atoms with van der Waals surface area (Å²) in [6.45, 7) is -0.352. The highest BCUT2D eigenvalue weighted by Gasteiger charge is 2.31. The maximum atomic E-state index is 10.8. The average Bonchev–Trinajstić information content (AvgIpc) is 3.20. The Kier molecular flexibility index (Phi) is 7.64. The summed E-state index contributed by atoms with van der Waals surface area (Å²) in [6.07, 6.45) is 17.0. The molecule has 0 amide bonds. The van der Waals surface area contributed by atoms with Crippen LogP contribution >= 0.6 is 11.8 Å². The van der Waals surface area contributed by atoms with Crippen LogP contribution in [0.15, 0.2) is 28.9 Å². The molecule has 0 radical (unpaired) electrons. The third-order valence-corrected chi connectivity index (χ3v) is 8.50. The van der Waals surface area contributed by atoms with E-state index in [1.807, 2.05) is 18.4 Å². The Labute approximate surface area is 183 Å². The molecule has 0 spiro atoms. The number of ether oxygens (including phenoxy) is 1. The van der Waals surface area contributed by atoms with Crippen LogP contribution < -0.4 is 4.74 Å². The topological polar surface area (TPSA) is 59.7 Å². The van der Waals surface area contributed by atoms with Gasteiger partial charge in [0.25, 0.3) is 0 Å². The molecular formula is C25H34O4S. The number of carboxylic acids is 1. The molecule has 164 valence electrons. The fourth-order valence-electron chi connectivity index (χ4n) is 5.42. The third kappa shape index (κ3) is 5.35. The fraction of sp³-hybridized carbons (Fsp3) is 0.640. The summed E-state index contributed by atoms with van der Waals surface area (Å²) in [5.41, 5.74) is 1.86. The number of aliphatic carboxylic acids is 1. The third-order valence-electron chi connectivity index (χ3n) is 6.91. The monoisotopic (exact) mass is 430 g/mol. The molecule has 2 fully saturated rings. The molecule has 30 heavy (non-hydrogen) atoms. The van der Waals surface area contributed by atoms with Crippen molar-refractivity contribution >= 4 is 28.7 Å². The number of carbonyl (C=O) groups is 1. The molecule has 0 aliphatic heterocycles. The zero-order valence-corrected chi connectivity index (χ0v) is 18.6. The smallest absolute Gasteiger partial charge is 0.341 e. The zero-order valence-electron chi connectivity index (χ0n) is 17.8. The van der Waals surface area contributed by atoms with Crippen LogP contribution in [0.4, 0.5) is 0 Å². The molecule has 0 saturated heterocycles. The van der Waals surface area contributed by atoms with E-state index < -0.39 is 5.97 Å². The number of rotatable bonds is 9. The van der Waals surface area contributed by atoms with E-state index in [0.717, 1.165) is 34.6 Å². The minimum atomic E-state index is -0.980. The Balaban J connectivity index is 1.40. The lowest BCUT2D eigenvalue weighted by Gasteiger charge is -2.37. The number of carboxylic acid groups (broad SMARTS) is 1. The summed E-state index contributed by atoms with van der Waals surface area (Å²) in [5, 5.41) is 10.7. The molecule has 0 atom stereocenters. The van der Waals surface area contributed by atoms with Crippen LogP contribution in [0.1, 0.15) is 69.8 Å². The Morgan fingerprint density at radius 3 is 2.37 bits per heavy atom. The van der Waals surface area contributed by atoms with Gasteiger partial charge in [-0.2, -0.15) is 11.8 Å². The van der Waals surface area contributed by atoms with E-state index in [-0.39, 0.29) is 6.61 Å². The number of benzene rings is 1. The molecular weight excluding hydrogens is 396 g/mol. The highest BCUT2D eigenvalue weighted by molar-refractivity contribution is 7.99. The number of thioether (sulfide) groups is 1. The van der Waals surface area contributed by atoms with Gasteiger partial charge in [0.05, 0.1) is 6.26 Å². The van der Waals surface area contributed by atoms with Gasteiger partial charge in [-0.3, -0.25) is 0 Å². The summed E-state index contributed by atoms with van der Waals surface area (Å²) >= 11 is 2.21. The second-order valence-electron chi connectivity index (χ2n) is 8.96. The van der Waals surface area contributed by atoms with E-state index in [1.165, 1.54) is 69.8 Å². The van der Waals surface area contributed by atoms with Gasteiger partial charge in [-0.1, -0.05) is 50.7 Å². The quantitative estimate of drug-likeness (QED) is 0.479. The van der Waals surface area contributed by atoms with Crippen LogP contribution in [0.3, 0.4) is 0 Å². The molecule has 1 heterocycles. The van der Waals surface area contributed by atoms with Crippen molar-refractivity contribution in [2.24, 2.45) is 11.8 Å². The van der Waals surface area contributed by atoms with E-state index in [9.17, 15) is 4.79 Å². The van der Waals surface area contributed by atoms with Gasteiger partial charge in [-0.15, -0.1) is 0 Å². The van der Waals surface area contributed by atoms with E-state index >= 15 is 0 Å². The number of furan rings is 1. The molecule has 2 aromatic rings. The van der Waals surface area contributed by atoms with Gasteiger partial charge < -0.3 is 14.3 Å². The van der Waals surface area contributed by atoms with Gasteiger partial charge in [0.15, 0.2) is 17.9 Å². The molecule has 4 rings (SSSR count). The standard InChI is InChI=1S/C25H34O4S/c26-23(27)17-28-22-13-7-12-21-20(16-29-24(21)22)14-15-30-25(18-8-3-1-4-9-18)19-10-5-2-6-11-19/h7,12-13,16,18-19,25H,1-6,8-11,14-15,17H2,(H,26,27). The molecule has 4 nitrogen and oxygen atoms in total. The Bertz CT molecular complexity index is 800. The lowest BCUT2D eigenvalue weighted by atomic mass is 9.77. The van der Waals surface area contributed by atoms with Crippen molar-refractivity contribution in [3.63, 3.8) is 0 Å². The van der Waals surface area contributed by atoms with Crippen molar-refractivity contribution in [3.05, 3.63) is 30.0 Å². The Hall–Kier alpha value is -1.62. The van der Waals surface area contributed by atoms with Gasteiger partial charge in [0, 0.05) is 10.6 Å². The number of hydrogen-bond donors (Lipinski definition) is 1. The summed E-state index contributed by atoms with van der Waals surface area (Å²) in [5.74, 6) is 2.46. The van der Waals surface area contributed by atoms with Crippen LogP contribution in [-0.4, -0.2) is 28.7 Å². The van der Waals surface area contributed by atoms with E-state index in [2.05, 4.69) is 11.8 Å². The first-order chi connectivity index (χ1) is 14.7. The first-order valence-electron chi connectivity index (χ1n) is 11.7. The van der Waals surface area contributed by atoms with Crippen molar-refractivity contribution in [3.8, 4) is 5.75 Å². The average molecular weight is 431 g/mol. The molecule has 1 N–H and O–H groups in total. The van der Waals surface area contributed by atoms with Crippen LogP contribution in [-0.2, 0) is 11.2 Å². The van der Waals surface area contributed by atoms with Crippen LogP contribution in [0.2, 0.25) is 0 Å². The number of aryl methyl sites for hydroxylation is 1. The summed E-state index contributed by atoms with van der Waals surface area (Å²) in [4.78, 5) is 10.8. The normalized spacial score (nSPS) is 18.8. The molecule has 0 unspecified atom stereocenters. The molecule has 2 saturated carbocycles. The SMILES string of the molecule is O=C(O)COc1cccc2c(CCSC(C3CCCCC3)C3CCCCC3)coc12. The van der Waals surface area contributed by atoms with Crippen molar-refractivity contribution in [1.82, 2.24) is 0 Å². The van der Waals surface area contributed by atoms with Crippen molar-refractivity contribution < 1.29 is 19.1 Å². The predicted octanol–water partition coefficient (Wildman–Crippen LogP) is 6.70. The molecule has 2 aliphatic rings.